The first-order valence-corrected chi connectivity index (χ1v) is 11.8. The van der Waals surface area contributed by atoms with Gasteiger partial charge in [-0.3, -0.25) is 19.3 Å². The highest BCUT2D eigenvalue weighted by Gasteiger charge is 2.61. The molecule has 0 aromatic heterocycles. The molecule has 6 heteroatoms. The fourth-order valence-corrected chi connectivity index (χ4v) is 5.96. The number of amides is 3. The van der Waals surface area contributed by atoms with Gasteiger partial charge in [0, 0.05) is 16.6 Å². The molecule has 1 heterocycles. The van der Waals surface area contributed by atoms with Crippen molar-refractivity contribution in [2.75, 3.05) is 5.32 Å². The number of nitrogens with zero attached hydrogens (tertiary/aromatic N) is 1. The smallest absolute Gasteiger partial charge is 0.248 e. The van der Waals surface area contributed by atoms with Gasteiger partial charge < -0.3 is 5.32 Å². The minimum Gasteiger partial charge on any atom is -0.324 e. The van der Waals surface area contributed by atoms with Gasteiger partial charge in [-0.05, 0) is 60.9 Å². The van der Waals surface area contributed by atoms with Gasteiger partial charge in [-0.25, -0.2) is 0 Å². The van der Waals surface area contributed by atoms with Gasteiger partial charge in [-0.15, -0.1) is 0 Å². The topological polar surface area (TPSA) is 66.5 Å². The number of anilines is 1. The Labute approximate surface area is 196 Å². The predicted octanol–water partition coefficient (Wildman–Crippen LogP) is 4.42. The van der Waals surface area contributed by atoms with E-state index in [9.17, 15) is 14.4 Å². The number of hydrogen-bond acceptors (Lipinski definition) is 3. The number of nitrogens with one attached hydrogen (secondary N) is 1. The Morgan fingerprint density at radius 3 is 2.28 bits per heavy atom. The van der Waals surface area contributed by atoms with Gasteiger partial charge in [0.05, 0.1) is 11.8 Å². The van der Waals surface area contributed by atoms with E-state index in [0.29, 0.717) is 12.1 Å². The van der Waals surface area contributed by atoms with Crippen molar-refractivity contribution < 1.29 is 14.4 Å². The maximum absolute atomic E-state index is 13.6. The van der Waals surface area contributed by atoms with E-state index in [4.69, 9.17) is 0 Å². The standard InChI is InChI=1S/C26H25BrN2O3/c1-14-11-20(15(2)10-19(14)27)28-24(30)21(12-16-6-4-3-5-7-16)29-25(31)22-17-8-9-18(13-17)23(22)26(29)32/h3-11,17-18,21-23H,12-13H2,1-2H3,(H,28,30)/t17-,18-,21+,22-,23-/m0/s1. The third-order valence-electron chi connectivity index (χ3n) is 7.15. The molecule has 0 spiro atoms. The number of benzene rings is 2. The van der Waals surface area contributed by atoms with Gasteiger partial charge in [0.2, 0.25) is 17.7 Å². The Bertz CT molecular complexity index is 1110. The number of carbonyl (C=O) groups excluding carboxylic acids is 3. The predicted molar refractivity (Wildman–Crippen MR) is 126 cm³/mol. The van der Waals surface area contributed by atoms with Crippen molar-refractivity contribution >= 4 is 39.3 Å². The van der Waals surface area contributed by atoms with Crippen LogP contribution in [-0.4, -0.2) is 28.7 Å². The van der Waals surface area contributed by atoms with Crippen molar-refractivity contribution in [3.05, 3.63) is 75.8 Å². The Morgan fingerprint density at radius 1 is 1.03 bits per heavy atom. The van der Waals surface area contributed by atoms with Crippen LogP contribution in [0.1, 0.15) is 23.1 Å². The van der Waals surface area contributed by atoms with E-state index < -0.39 is 6.04 Å². The van der Waals surface area contributed by atoms with Crippen molar-refractivity contribution in [3.63, 3.8) is 0 Å². The summed E-state index contributed by atoms with van der Waals surface area (Å²) in [4.78, 5) is 41.7. The lowest BCUT2D eigenvalue weighted by molar-refractivity contribution is -0.147. The zero-order valence-electron chi connectivity index (χ0n) is 18.0. The minimum absolute atomic E-state index is 0.114. The zero-order valence-corrected chi connectivity index (χ0v) is 19.6. The maximum atomic E-state index is 13.6. The fraction of sp³-hybridized carbons (Fsp3) is 0.346. The summed E-state index contributed by atoms with van der Waals surface area (Å²) in [7, 11) is 0. The van der Waals surface area contributed by atoms with E-state index in [1.54, 1.807) is 0 Å². The highest BCUT2D eigenvalue weighted by Crippen LogP contribution is 2.53. The highest BCUT2D eigenvalue weighted by atomic mass is 79.9. The van der Waals surface area contributed by atoms with Crippen LogP contribution in [0, 0.1) is 37.5 Å². The van der Waals surface area contributed by atoms with Gasteiger partial charge in [0.15, 0.2) is 0 Å². The molecule has 2 aliphatic carbocycles. The molecule has 1 saturated carbocycles. The van der Waals surface area contributed by atoms with Crippen LogP contribution in [0.25, 0.3) is 0 Å². The summed E-state index contributed by atoms with van der Waals surface area (Å²) in [5, 5.41) is 3.00. The van der Waals surface area contributed by atoms with Crippen molar-refractivity contribution in [3.8, 4) is 0 Å². The normalized spacial score (nSPS) is 26.5. The molecule has 164 valence electrons. The van der Waals surface area contributed by atoms with E-state index in [0.717, 1.165) is 27.6 Å². The average Bonchev–Trinajstić information content (AvgIpc) is 3.45. The second-order valence-electron chi connectivity index (χ2n) is 9.16. The molecule has 32 heavy (non-hydrogen) atoms. The van der Waals surface area contributed by atoms with Crippen LogP contribution in [-0.2, 0) is 20.8 Å². The number of hydrogen-bond donors (Lipinski definition) is 1. The molecule has 5 nitrogen and oxygen atoms in total. The number of aryl methyl sites for hydroxylation is 2. The van der Waals surface area contributed by atoms with Crippen LogP contribution in [0.15, 0.2) is 59.1 Å². The van der Waals surface area contributed by atoms with Gasteiger partial charge in [0.25, 0.3) is 0 Å². The molecule has 2 aromatic carbocycles. The van der Waals surface area contributed by atoms with E-state index in [1.807, 2.05) is 56.3 Å². The van der Waals surface area contributed by atoms with E-state index in [1.165, 1.54) is 4.90 Å². The first-order valence-electron chi connectivity index (χ1n) is 11.0. The summed E-state index contributed by atoms with van der Waals surface area (Å²) in [5.74, 6) is -1.14. The summed E-state index contributed by atoms with van der Waals surface area (Å²) in [6.45, 7) is 3.88. The molecule has 1 aliphatic heterocycles. The average molecular weight is 493 g/mol. The van der Waals surface area contributed by atoms with Crippen LogP contribution < -0.4 is 5.32 Å². The molecule has 5 atom stereocenters. The largest absolute Gasteiger partial charge is 0.324 e. The second kappa shape index (κ2) is 8.00. The van der Waals surface area contributed by atoms with E-state index >= 15 is 0 Å². The van der Waals surface area contributed by atoms with E-state index in [2.05, 4.69) is 33.4 Å². The molecule has 3 amide bonds. The summed E-state index contributed by atoms with van der Waals surface area (Å²) >= 11 is 3.52. The molecule has 2 aromatic rings. The third kappa shape index (κ3) is 3.41. The molecule has 2 bridgehead atoms. The number of fused-ring (bicyclic) bond motifs is 5. The van der Waals surface area contributed by atoms with Crippen LogP contribution in [0.3, 0.4) is 0 Å². The molecule has 3 aliphatic rings. The van der Waals surface area contributed by atoms with E-state index in [-0.39, 0.29) is 41.4 Å². The Hall–Kier alpha value is -2.73. The number of imide groups is 1. The summed E-state index contributed by atoms with van der Waals surface area (Å²) in [5.41, 5.74) is 3.51. The van der Waals surface area contributed by atoms with Gasteiger partial charge in [0.1, 0.15) is 6.04 Å². The molecular formula is C26H25BrN2O3. The number of halogens is 1. The van der Waals surface area contributed by atoms with Crippen molar-refractivity contribution in [2.45, 2.75) is 32.7 Å². The van der Waals surface area contributed by atoms with Gasteiger partial charge in [-0.1, -0.05) is 58.4 Å². The monoisotopic (exact) mass is 492 g/mol. The quantitative estimate of drug-likeness (QED) is 0.496. The lowest BCUT2D eigenvalue weighted by Gasteiger charge is -2.27. The van der Waals surface area contributed by atoms with Crippen LogP contribution >= 0.6 is 15.9 Å². The molecular weight excluding hydrogens is 468 g/mol. The second-order valence-corrected chi connectivity index (χ2v) is 10.0. The van der Waals surface area contributed by atoms with Gasteiger partial charge >= 0.3 is 0 Å². The molecule has 5 rings (SSSR count). The highest BCUT2D eigenvalue weighted by molar-refractivity contribution is 9.10. The first kappa shape index (κ1) is 21.1. The van der Waals surface area contributed by atoms with Crippen LogP contribution in [0.5, 0.6) is 0 Å². The third-order valence-corrected chi connectivity index (χ3v) is 8.01. The fourth-order valence-electron chi connectivity index (χ4n) is 5.50. The molecule has 0 radical (unpaired) electrons. The molecule has 2 fully saturated rings. The Kier molecular flexibility index (Phi) is 5.28. The number of allylic oxidation sites excluding steroid dienone is 2. The summed E-state index contributed by atoms with van der Waals surface area (Å²) in [6.07, 6.45) is 5.30. The molecule has 1 saturated heterocycles. The van der Waals surface area contributed by atoms with Crippen molar-refractivity contribution in [1.82, 2.24) is 4.90 Å². The Balaban J connectivity index is 1.47. The minimum atomic E-state index is -0.884. The lowest BCUT2D eigenvalue weighted by atomic mass is 9.85. The molecule has 0 unspecified atom stereocenters. The van der Waals surface area contributed by atoms with Crippen LogP contribution in [0.2, 0.25) is 0 Å². The number of rotatable bonds is 5. The SMILES string of the molecule is Cc1cc(NC(=O)[C@@H](Cc2ccccc2)N2C(=O)[C@@H]3[C@@H](C2=O)[C@H]2C=C[C@H]3C2)c(C)cc1Br. The first-order chi connectivity index (χ1) is 15.3. The maximum Gasteiger partial charge on any atom is 0.248 e. The number of carbonyl (C=O) groups is 3. The summed E-state index contributed by atoms with van der Waals surface area (Å²) < 4.78 is 0.967. The lowest BCUT2D eigenvalue weighted by Crippen LogP contribution is -2.49. The number of likely N-dealkylation sites (tertiary alicyclic amines) is 1. The van der Waals surface area contributed by atoms with Gasteiger partial charge in [-0.2, -0.15) is 0 Å². The van der Waals surface area contributed by atoms with Crippen molar-refractivity contribution in [1.29, 1.82) is 0 Å². The molecule has 1 N–H and O–H groups in total. The van der Waals surface area contributed by atoms with Crippen molar-refractivity contribution in [2.24, 2.45) is 23.7 Å². The Morgan fingerprint density at radius 2 is 1.66 bits per heavy atom. The van der Waals surface area contributed by atoms with Crippen LogP contribution in [0.4, 0.5) is 5.69 Å². The zero-order chi connectivity index (χ0) is 22.6. The summed E-state index contributed by atoms with van der Waals surface area (Å²) in [6, 6.07) is 12.5.